The van der Waals surface area contributed by atoms with Crippen molar-refractivity contribution >= 4 is 5.91 Å². The molecule has 0 unspecified atom stereocenters. The van der Waals surface area contributed by atoms with Crippen LogP contribution in [0.1, 0.15) is 23.8 Å². The SMILES string of the molecule is CCn1ccc(C(=O)NCCCN(C)C)n1. The van der Waals surface area contributed by atoms with Crippen LogP contribution in [0.4, 0.5) is 0 Å². The summed E-state index contributed by atoms with van der Waals surface area (Å²) in [7, 11) is 4.04. The average molecular weight is 224 g/mol. The molecule has 5 nitrogen and oxygen atoms in total. The molecule has 1 aromatic rings. The van der Waals surface area contributed by atoms with Gasteiger partial charge in [-0.2, -0.15) is 5.10 Å². The van der Waals surface area contributed by atoms with E-state index < -0.39 is 0 Å². The second-order valence-electron chi connectivity index (χ2n) is 3.97. The number of hydrogen-bond donors (Lipinski definition) is 1. The van der Waals surface area contributed by atoms with E-state index in [0.717, 1.165) is 19.5 Å². The number of aryl methyl sites for hydroxylation is 1. The highest BCUT2D eigenvalue weighted by Gasteiger charge is 2.07. The van der Waals surface area contributed by atoms with E-state index >= 15 is 0 Å². The Kier molecular flexibility index (Phi) is 4.98. The van der Waals surface area contributed by atoms with Gasteiger partial charge in [0.05, 0.1) is 0 Å². The molecule has 1 heterocycles. The zero-order valence-electron chi connectivity index (χ0n) is 10.2. The van der Waals surface area contributed by atoms with Crippen molar-refractivity contribution in [2.45, 2.75) is 19.9 Å². The molecular formula is C11H20N4O. The van der Waals surface area contributed by atoms with E-state index in [-0.39, 0.29) is 5.91 Å². The lowest BCUT2D eigenvalue weighted by atomic mass is 10.3. The van der Waals surface area contributed by atoms with Gasteiger partial charge in [0.25, 0.3) is 5.91 Å². The maximum absolute atomic E-state index is 11.6. The topological polar surface area (TPSA) is 50.2 Å². The van der Waals surface area contributed by atoms with Gasteiger partial charge in [-0.05, 0) is 40.1 Å². The molecule has 0 fully saturated rings. The van der Waals surface area contributed by atoms with Crippen LogP contribution in [-0.2, 0) is 6.54 Å². The van der Waals surface area contributed by atoms with E-state index in [1.54, 1.807) is 10.7 Å². The third-order valence-corrected chi connectivity index (χ3v) is 2.26. The van der Waals surface area contributed by atoms with E-state index in [2.05, 4.69) is 15.3 Å². The molecule has 1 N–H and O–H groups in total. The molecule has 0 aliphatic rings. The summed E-state index contributed by atoms with van der Waals surface area (Å²) in [5.74, 6) is -0.0917. The van der Waals surface area contributed by atoms with Gasteiger partial charge in [0, 0.05) is 19.3 Å². The molecule has 0 radical (unpaired) electrons. The zero-order chi connectivity index (χ0) is 12.0. The van der Waals surface area contributed by atoms with E-state index in [4.69, 9.17) is 0 Å². The van der Waals surface area contributed by atoms with Crippen LogP contribution in [-0.4, -0.2) is 47.8 Å². The number of carbonyl (C=O) groups is 1. The largest absolute Gasteiger partial charge is 0.351 e. The highest BCUT2D eigenvalue weighted by molar-refractivity contribution is 5.92. The van der Waals surface area contributed by atoms with Crippen LogP contribution in [0.15, 0.2) is 12.3 Å². The summed E-state index contributed by atoms with van der Waals surface area (Å²) < 4.78 is 1.74. The maximum atomic E-state index is 11.6. The summed E-state index contributed by atoms with van der Waals surface area (Å²) in [4.78, 5) is 13.7. The Bertz CT molecular complexity index is 332. The molecule has 0 aliphatic heterocycles. The Morgan fingerprint density at radius 2 is 2.31 bits per heavy atom. The molecular weight excluding hydrogens is 204 g/mol. The van der Waals surface area contributed by atoms with Gasteiger partial charge in [-0.15, -0.1) is 0 Å². The van der Waals surface area contributed by atoms with Gasteiger partial charge in [0.2, 0.25) is 0 Å². The molecule has 0 aliphatic carbocycles. The summed E-state index contributed by atoms with van der Waals surface area (Å²) in [5.41, 5.74) is 0.492. The standard InChI is InChI=1S/C11H20N4O/c1-4-15-9-6-10(13-15)11(16)12-7-5-8-14(2)3/h6,9H,4-5,7-8H2,1-3H3,(H,12,16). The molecule has 0 atom stereocenters. The summed E-state index contributed by atoms with van der Waals surface area (Å²) >= 11 is 0. The van der Waals surface area contributed by atoms with Gasteiger partial charge in [0.15, 0.2) is 0 Å². The molecule has 1 amide bonds. The van der Waals surface area contributed by atoms with Crippen LogP contribution in [0.5, 0.6) is 0 Å². The van der Waals surface area contributed by atoms with Crippen molar-refractivity contribution in [2.75, 3.05) is 27.2 Å². The van der Waals surface area contributed by atoms with Crippen LogP contribution in [0.25, 0.3) is 0 Å². The quantitative estimate of drug-likeness (QED) is 0.719. The molecule has 16 heavy (non-hydrogen) atoms. The number of amides is 1. The lowest BCUT2D eigenvalue weighted by molar-refractivity contribution is 0.0946. The van der Waals surface area contributed by atoms with Crippen LogP contribution >= 0.6 is 0 Å². The first-order valence-electron chi connectivity index (χ1n) is 5.60. The first-order chi connectivity index (χ1) is 7.63. The molecule has 0 spiro atoms. The van der Waals surface area contributed by atoms with E-state index in [1.165, 1.54) is 0 Å². The van der Waals surface area contributed by atoms with Crippen LogP contribution in [0.2, 0.25) is 0 Å². The lowest BCUT2D eigenvalue weighted by Crippen LogP contribution is -2.27. The number of nitrogens with zero attached hydrogens (tertiary/aromatic N) is 3. The van der Waals surface area contributed by atoms with Crippen molar-refractivity contribution in [3.8, 4) is 0 Å². The predicted molar refractivity (Wildman–Crippen MR) is 63.4 cm³/mol. The van der Waals surface area contributed by atoms with E-state index in [9.17, 15) is 4.79 Å². The van der Waals surface area contributed by atoms with E-state index in [0.29, 0.717) is 12.2 Å². The van der Waals surface area contributed by atoms with Crippen molar-refractivity contribution in [1.29, 1.82) is 0 Å². The lowest BCUT2D eigenvalue weighted by Gasteiger charge is -2.09. The second-order valence-corrected chi connectivity index (χ2v) is 3.97. The van der Waals surface area contributed by atoms with Crippen LogP contribution in [0.3, 0.4) is 0 Å². The smallest absolute Gasteiger partial charge is 0.271 e. The Morgan fingerprint density at radius 1 is 1.56 bits per heavy atom. The molecule has 0 saturated heterocycles. The monoisotopic (exact) mass is 224 g/mol. The number of rotatable bonds is 6. The van der Waals surface area contributed by atoms with Crippen molar-refractivity contribution in [3.63, 3.8) is 0 Å². The molecule has 0 bridgehead atoms. The normalized spacial score (nSPS) is 10.8. The average Bonchev–Trinajstić information content (AvgIpc) is 2.72. The van der Waals surface area contributed by atoms with Gasteiger partial charge in [-0.25, -0.2) is 0 Å². The zero-order valence-corrected chi connectivity index (χ0v) is 10.2. The van der Waals surface area contributed by atoms with Gasteiger partial charge < -0.3 is 10.2 Å². The van der Waals surface area contributed by atoms with Crippen molar-refractivity contribution in [1.82, 2.24) is 20.0 Å². The fraction of sp³-hybridized carbons (Fsp3) is 0.636. The second kappa shape index (κ2) is 6.27. The van der Waals surface area contributed by atoms with Crippen molar-refractivity contribution in [3.05, 3.63) is 18.0 Å². The molecule has 5 heteroatoms. The van der Waals surface area contributed by atoms with Crippen molar-refractivity contribution < 1.29 is 4.79 Å². The summed E-state index contributed by atoms with van der Waals surface area (Å²) in [6, 6.07) is 1.74. The number of carbonyl (C=O) groups excluding carboxylic acids is 1. The Labute approximate surface area is 96.4 Å². The maximum Gasteiger partial charge on any atom is 0.271 e. The van der Waals surface area contributed by atoms with Gasteiger partial charge in [0.1, 0.15) is 5.69 Å². The minimum atomic E-state index is -0.0917. The molecule has 0 aromatic carbocycles. The number of nitrogens with one attached hydrogen (secondary N) is 1. The van der Waals surface area contributed by atoms with Crippen molar-refractivity contribution in [2.24, 2.45) is 0 Å². The fourth-order valence-corrected chi connectivity index (χ4v) is 1.35. The third kappa shape index (κ3) is 4.02. The van der Waals surface area contributed by atoms with Gasteiger partial charge in [-0.3, -0.25) is 9.48 Å². The summed E-state index contributed by atoms with van der Waals surface area (Å²) in [6.45, 7) is 4.44. The van der Waals surface area contributed by atoms with Crippen LogP contribution in [0, 0.1) is 0 Å². The first-order valence-corrected chi connectivity index (χ1v) is 5.60. The van der Waals surface area contributed by atoms with E-state index in [1.807, 2.05) is 27.2 Å². The van der Waals surface area contributed by atoms with Gasteiger partial charge >= 0.3 is 0 Å². The predicted octanol–water partition coefficient (Wildman–Crippen LogP) is 0.584. The highest BCUT2D eigenvalue weighted by atomic mass is 16.1. The van der Waals surface area contributed by atoms with Crippen LogP contribution < -0.4 is 5.32 Å². The molecule has 1 aromatic heterocycles. The minimum absolute atomic E-state index is 0.0917. The first kappa shape index (κ1) is 12.7. The molecule has 1 rings (SSSR count). The number of hydrogen-bond acceptors (Lipinski definition) is 3. The fourth-order valence-electron chi connectivity index (χ4n) is 1.35. The minimum Gasteiger partial charge on any atom is -0.351 e. The molecule has 0 saturated carbocycles. The molecule has 90 valence electrons. The Hall–Kier alpha value is -1.36. The third-order valence-electron chi connectivity index (χ3n) is 2.26. The summed E-state index contributed by atoms with van der Waals surface area (Å²) in [5, 5.41) is 6.99. The van der Waals surface area contributed by atoms with Gasteiger partial charge in [-0.1, -0.05) is 0 Å². The highest BCUT2D eigenvalue weighted by Crippen LogP contribution is 1.95. The summed E-state index contributed by atoms with van der Waals surface area (Å²) in [6.07, 6.45) is 2.77. The Balaban J connectivity index is 2.29. The Morgan fingerprint density at radius 3 is 2.88 bits per heavy atom. The number of aromatic nitrogens is 2.